The van der Waals surface area contributed by atoms with Crippen LogP contribution >= 0.6 is 15.9 Å². The molecule has 2 atom stereocenters. The van der Waals surface area contributed by atoms with Crippen molar-refractivity contribution in [2.24, 2.45) is 0 Å². The molecule has 0 aliphatic carbocycles. The summed E-state index contributed by atoms with van der Waals surface area (Å²) in [6, 6.07) is 7.70. The van der Waals surface area contributed by atoms with Crippen molar-refractivity contribution in [3.05, 3.63) is 28.2 Å². The first-order chi connectivity index (χ1) is 9.52. The molecule has 1 aliphatic heterocycles. The van der Waals surface area contributed by atoms with Crippen LogP contribution in [-0.4, -0.2) is 45.2 Å². The summed E-state index contributed by atoms with van der Waals surface area (Å²) in [7, 11) is 6.43. The summed E-state index contributed by atoms with van der Waals surface area (Å²) in [6.45, 7) is 4.56. The molecule has 3 nitrogen and oxygen atoms in total. The molecule has 1 aliphatic rings. The Morgan fingerprint density at radius 2 is 2.20 bits per heavy atom. The predicted octanol–water partition coefficient (Wildman–Crippen LogP) is 3.26. The third-order valence-corrected chi connectivity index (χ3v) is 5.12. The third-order valence-electron chi connectivity index (χ3n) is 4.44. The number of nitrogens with one attached hydrogen (secondary N) is 1. The minimum Gasteiger partial charge on any atom is -0.370 e. The fourth-order valence-corrected chi connectivity index (χ4v) is 3.62. The zero-order chi connectivity index (χ0) is 14.7. The quantitative estimate of drug-likeness (QED) is 0.908. The van der Waals surface area contributed by atoms with Crippen molar-refractivity contribution in [2.45, 2.75) is 31.8 Å². The number of anilines is 1. The van der Waals surface area contributed by atoms with E-state index >= 15 is 0 Å². The van der Waals surface area contributed by atoms with Crippen LogP contribution < -0.4 is 10.2 Å². The van der Waals surface area contributed by atoms with E-state index in [0.29, 0.717) is 12.1 Å². The summed E-state index contributed by atoms with van der Waals surface area (Å²) in [4.78, 5) is 4.85. The van der Waals surface area contributed by atoms with Crippen molar-refractivity contribution in [1.82, 2.24) is 10.2 Å². The molecule has 1 heterocycles. The monoisotopic (exact) mass is 339 g/mol. The number of piperidine rings is 1. The van der Waals surface area contributed by atoms with Crippen LogP contribution in [0.25, 0.3) is 0 Å². The van der Waals surface area contributed by atoms with Crippen LogP contribution in [-0.2, 0) is 0 Å². The number of halogens is 1. The van der Waals surface area contributed by atoms with Gasteiger partial charge in [-0.1, -0.05) is 22.0 Å². The van der Waals surface area contributed by atoms with Crippen LogP contribution in [0.2, 0.25) is 0 Å². The van der Waals surface area contributed by atoms with Crippen LogP contribution in [0.3, 0.4) is 0 Å². The van der Waals surface area contributed by atoms with Crippen molar-refractivity contribution in [2.75, 3.05) is 39.1 Å². The molecule has 1 fully saturated rings. The first-order valence-corrected chi connectivity index (χ1v) is 8.20. The van der Waals surface area contributed by atoms with Gasteiger partial charge in [0.25, 0.3) is 0 Å². The lowest BCUT2D eigenvalue weighted by molar-refractivity contribution is 0.248. The number of nitrogens with zero attached hydrogens (tertiary/aromatic N) is 2. The smallest absolute Gasteiger partial charge is 0.0414 e. The second-order valence-corrected chi connectivity index (χ2v) is 6.74. The highest BCUT2D eigenvalue weighted by Gasteiger charge is 2.21. The molecule has 4 heteroatoms. The van der Waals surface area contributed by atoms with E-state index in [4.69, 9.17) is 0 Å². The highest BCUT2D eigenvalue weighted by Crippen LogP contribution is 2.29. The summed E-state index contributed by atoms with van der Waals surface area (Å²) >= 11 is 3.72. The van der Waals surface area contributed by atoms with E-state index in [0.717, 1.165) is 6.54 Å². The van der Waals surface area contributed by atoms with Gasteiger partial charge in [0, 0.05) is 35.8 Å². The van der Waals surface area contributed by atoms with Crippen molar-refractivity contribution < 1.29 is 0 Å². The summed E-state index contributed by atoms with van der Waals surface area (Å²) < 4.78 is 1.19. The second kappa shape index (κ2) is 6.92. The van der Waals surface area contributed by atoms with Crippen molar-refractivity contribution in [1.29, 1.82) is 0 Å². The Labute approximate surface area is 131 Å². The average molecular weight is 340 g/mol. The topological polar surface area (TPSA) is 18.5 Å². The van der Waals surface area contributed by atoms with Gasteiger partial charge in [-0.15, -0.1) is 0 Å². The van der Waals surface area contributed by atoms with Gasteiger partial charge in [-0.3, -0.25) is 0 Å². The van der Waals surface area contributed by atoms with Crippen molar-refractivity contribution in [3.63, 3.8) is 0 Å². The van der Waals surface area contributed by atoms with Gasteiger partial charge >= 0.3 is 0 Å². The van der Waals surface area contributed by atoms with Crippen molar-refractivity contribution >= 4 is 21.6 Å². The molecule has 2 rings (SSSR count). The predicted molar refractivity (Wildman–Crippen MR) is 90.5 cm³/mol. The van der Waals surface area contributed by atoms with Crippen LogP contribution in [0.4, 0.5) is 5.69 Å². The second-order valence-electron chi connectivity index (χ2n) is 5.89. The third kappa shape index (κ3) is 3.54. The fraction of sp³-hybridized carbons (Fsp3) is 0.625. The first-order valence-electron chi connectivity index (χ1n) is 7.41. The van der Waals surface area contributed by atoms with E-state index < -0.39 is 0 Å². The fourth-order valence-electron chi connectivity index (χ4n) is 2.91. The Bertz CT molecular complexity index is 449. The molecular formula is C16H26BrN3. The van der Waals surface area contributed by atoms with E-state index in [1.165, 1.54) is 35.1 Å². The molecule has 1 N–H and O–H groups in total. The van der Waals surface area contributed by atoms with Gasteiger partial charge in [-0.2, -0.15) is 0 Å². The van der Waals surface area contributed by atoms with Crippen LogP contribution in [0.1, 0.15) is 31.4 Å². The van der Waals surface area contributed by atoms with E-state index in [1.54, 1.807) is 0 Å². The lowest BCUT2D eigenvalue weighted by Gasteiger charge is -2.37. The molecule has 0 spiro atoms. The maximum absolute atomic E-state index is 3.72. The Kier molecular flexibility index (Phi) is 5.47. The summed E-state index contributed by atoms with van der Waals surface area (Å²) in [5.74, 6) is 0. The maximum atomic E-state index is 3.72. The van der Waals surface area contributed by atoms with E-state index in [2.05, 4.69) is 70.3 Å². The highest BCUT2D eigenvalue weighted by molar-refractivity contribution is 9.10. The van der Waals surface area contributed by atoms with Gasteiger partial charge in [-0.05, 0) is 58.1 Å². The molecule has 0 saturated carbocycles. The Morgan fingerprint density at radius 1 is 1.45 bits per heavy atom. The maximum Gasteiger partial charge on any atom is 0.0414 e. The number of rotatable bonds is 4. The van der Waals surface area contributed by atoms with Gasteiger partial charge < -0.3 is 15.1 Å². The number of likely N-dealkylation sites (N-methyl/N-ethyl adjacent to an activating group) is 2. The van der Waals surface area contributed by atoms with Gasteiger partial charge in [0.15, 0.2) is 0 Å². The minimum absolute atomic E-state index is 0.365. The first kappa shape index (κ1) is 15.8. The lowest BCUT2D eigenvalue weighted by atomic mass is 10.0. The van der Waals surface area contributed by atoms with Crippen LogP contribution in [0.5, 0.6) is 0 Å². The highest BCUT2D eigenvalue weighted by atomic mass is 79.9. The number of likely N-dealkylation sites (tertiary alicyclic amines) is 1. The molecular weight excluding hydrogens is 314 g/mol. The van der Waals surface area contributed by atoms with Gasteiger partial charge in [0.1, 0.15) is 0 Å². The standard InChI is InChI=1S/C16H26BrN3/c1-12(18-2)15-8-7-13(10-16(15)17)20(4)14-6-5-9-19(3)11-14/h7-8,10,12,14,18H,5-6,9,11H2,1-4H3. The number of hydrogen-bond acceptors (Lipinski definition) is 3. The molecule has 112 valence electrons. The Balaban J connectivity index is 2.14. The van der Waals surface area contributed by atoms with Crippen LogP contribution in [0, 0.1) is 0 Å². The number of hydrogen-bond donors (Lipinski definition) is 1. The molecule has 0 radical (unpaired) electrons. The molecule has 2 unspecified atom stereocenters. The Hall–Kier alpha value is -0.580. The van der Waals surface area contributed by atoms with Crippen molar-refractivity contribution in [3.8, 4) is 0 Å². The molecule has 0 bridgehead atoms. The summed E-state index contributed by atoms with van der Waals surface area (Å²) in [5.41, 5.74) is 2.61. The van der Waals surface area contributed by atoms with E-state index in [9.17, 15) is 0 Å². The van der Waals surface area contributed by atoms with Gasteiger partial charge in [0.05, 0.1) is 0 Å². The summed E-state index contributed by atoms with van der Waals surface area (Å²) in [6.07, 6.45) is 2.58. The average Bonchev–Trinajstić information content (AvgIpc) is 2.45. The zero-order valence-electron chi connectivity index (χ0n) is 13.0. The molecule has 20 heavy (non-hydrogen) atoms. The van der Waals surface area contributed by atoms with E-state index in [1.807, 2.05) is 7.05 Å². The molecule has 1 aromatic rings. The molecule has 0 amide bonds. The normalized spacial score (nSPS) is 21.8. The zero-order valence-corrected chi connectivity index (χ0v) is 14.6. The summed E-state index contributed by atoms with van der Waals surface area (Å²) in [5, 5.41) is 3.29. The minimum atomic E-state index is 0.365. The SMILES string of the molecule is CNC(C)c1ccc(N(C)C2CCCN(C)C2)cc1Br. The van der Waals surface area contributed by atoms with Gasteiger partial charge in [-0.25, -0.2) is 0 Å². The lowest BCUT2D eigenvalue weighted by Crippen LogP contribution is -2.45. The number of benzene rings is 1. The molecule has 1 aromatic carbocycles. The largest absolute Gasteiger partial charge is 0.370 e. The van der Waals surface area contributed by atoms with Gasteiger partial charge in [0.2, 0.25) is 0 Å². The molecule has 0 aromatic heterocycles. The van der Waals surface area contributed by atoms with E-state index in [-0.39, 0.29) is 0 Å². The molecule has 1 saturated heterocycles. The van der Waals surface area contributed by atoms with Crippen LogP contribution in [0.15, 0.2) is 22.7 Å². The Morgan fingerprint density at radius 3 is 2.80 bits per heavy atom.